The zero-order chi connectivity index (χ0) is 15.0. The van der Waals surface area contributed by atoms with E-state index in [0.717, 1.165) is 0 Å². The Bertz CT molecular complexity index is 671. The zero-order valence-corrected chi connectivity index (χ0v) is 13.4. The van der Waals surface area contributed by atoms with Crippen LogP contribution in [0.2, 0.25) is 0 Å². The molecule has 0 saturated carbocycles. The van der Waals surface area contributed by atoms with Gasteiger partial charge >= 0.3 is 0 Å². The van der Waals surface area contributed by atoms with E-state index < -0.39 is 11.7 Å². The number of primary amides is 1. The van der Waals surface area contributed by atoms with Gasteiger partial charge in [0.25, 0.3) is 0 Å². The lowest BCUT2D eigenvalue weighted by molar-refractivity contribution is -0.118. The number of carbonyl (C=O) groups excluding carboxylic acids is 1. The van der Waals surface area contributed by atoms with Gasteiger partial charge in [0.15, 0.2) is 0 Å². The van der Waals surface area contributed by atoms with Gasteiger partial charge in [-0.1, -0.05) is 0 Å². The van der Waals surface area contributed by atoms with Gasteiger partial charge in [0.1, 0.15) is 11.6 Å². The van der Waals surface area contributed by atoms with Crippen LogP contribution in [0.15, 0.2) is 16.6 Å². The molecule has 1 amide bonds. The minimum Gasteiger partial charge on any atom is -0.370 e. The molecule has 0 aliphatic rings. The van der Waals surface area contributed by atoms with Gasteiger partial charge in [-0.15, -0.1) is 11.6 Å². The van der Waals surface area contributed by atoms with Gasteiger partial charge in [0.2, 0.25) is 5.91 Å². The molecule has 2 rings (SSSR count). The molecular weight excluding hydrogens is 349 g/mol. The van der Waals surface area contributed by atoms with E-state index in [2.05, 4.69) is 20.9 Å². The third-order valence-corrected chi connectivity index (χ3v) is 3.85. The summed E-state index contributed by atoms with van der Waals surface area (Å²) >= 11 is 9.27. The second-order valence-electron chi connectivity index (χ2n) is 4.73. The maximum absolute atomic E-state index is 13.8. The molecule has 0 fully saturated rings. The molecule has 4 nitrogen and oxygen atoms in total. The largest absolute Gasteiger partial charge is 0.370 e. The number of nitrogens with two attached hydrogens (primary N) is 1. The number of imidazole rings is 1. The lowest BCUT2D eigenvalue weighted by Crippen LogP contribution is -2.19. The first-order valence-electron chi connectivity index (χ1n) is 6.10. The summed E-state index contributed by atoms with van der Waals surface area (Å²) in [6.45, 7) is 3.61. The first-order chi connectivity index (χ1) is 9.31. The van der Waals surface area contributed by atoms with Crippen molar-refractivity contribution in [2.24, 2.45) is 5.73 Å². The van der Waals surface area contributed by atoms with Crippen LogP contribution in [0.1, 0.15) is 37.5 Å². The fraction of sp³-hybridized carbons (Fsp3) is 0.385. The number of benzene rings is 1. The highest BCUT2D eigenvalue weighted by Gasteiger charge is 2.21. The monoisotopic (exact) mass is 361 g/mol. The first-order valence-corrected chi connectivity index (χ1v) is 7.33. The number of halogens is 3. The van der Waals surface area contributed by atoms with E-state index in [1.165, 1.54) is 6.07 Å². The van der Waals surface area contributed by atoms with E-state index in [9.17, 15) is 9.18 Å². The number of hydrogen-bond acceptors (Lipinski definition) is 2. The molecule has 7 heteroatoms. The van der Waals surface area contributed by atoms with E-state index in [1.807, 2.05) is 6.92 Å². The predicted octanol–water partition coefficient (Wildman–Crippen LogP) is 3.67. The molecule has 2 unspecified atom stereocenters. The van der Waals surface area contributed by atoms with Gasteiger partial charge in [0, 0.05) is 18.5 Å². The highest BCUT2D eigenvalue weighted by atomic mass is 79.9. The van der Waals surface area contributed by atoms with Crippen LogP contribution in [-0.2, 0) is 4.79 Å². The third kappa shape index (κ3) is 2.81. The van der Waals surface area contributed by atoms with Crippen LogP contribution in [0.4, 0.5) is 4.39 Å². The maximum Gasteiger partial charge on any atom is 0.219 e. The normalized spacial score (nSPS) is 14.4. The van der Waals surface area contributed by atoms with Crippen LogP contribution in [0.25, 0.3) is 11.0 Å². The van der Waals surface area contributed by atoms with Crippen LogP contribution in [0.3, 0.4) is 0 Å². The second kappa shape index (κ2) is 5.69. The van der Waals surface area contributed by atoms with E-state index in [-0.39, 0.29) is 17.8 Å². The summed E-state index contributed by atoms with van der Waals surface area (Å²) in [6, 6.07) is 2.74. The molecule has 1 aromatic heterocycles. The van der Waals surface area contributed by atoms with Gasteiger partial charge in [-0.2, -0.15) is 0 Å². The van der Waals surface area contributed by atoms with Gasteiger partial charge in [-0.05, 0) is 35.8 Å². The fourth-order valence-corrected chi connectivity index (χ4v) is 2.72. The standard InChI is InChI=1S/C13H14BrClFN3O/c1-6(3-12(17)20)19-11-5-9(16)8(14)4-10(11)18-13(19)7(2)15/h4-7H,3H2,1-2H3,(H2,17,20). The molecule has 108 valence electrons. The summed E-state index contributed by atoms with van der Waals surface area (Å²) < 4.78 is 15.9. The van der Waals surface area contributed by atoms with Crippen LogP contribution >= 0.6 is 27.5 Å². The summed E-state index contributed by atoms with van der Waals surface area (Å²) in [6.07, 6.45) is 0.139. The Hall–Kier alpha value is -1.14. The number of carbonyl (C=O) groups is 1. The summed E-state index contributed by atoms with van der Waals surface area (Å²) in [5.41, 5.74) is 6.46. The van der Waals surface area contributed by atoms with Crippen molar-refractivity contribution in [1.82, 2.24) is 9.55 Å². The van der Waals surface area contributed by atoms with Crippen LogP contribution in [-0.4, -0.2) is 15.5 Å². The molecule has 0 aliphatic heterocycles. The van der Waals surface area contributed by atoms with Crippen molar-refractivity contribution < 1.29 is 9.18 Å². The molecule has 0 bridgehead atoms. The van der Waals surface area contributed by atoms with Crippen LogP contribution < -0.4 is 5.73 Å². The maximum atomic E-state index is 13.8. The number of amides is 1. The quantitative estimate of drug-likeness (QED) is 0.844. The Morgan fingerprint density at radius 2 is 2.20 bits per heavy atom. The minimum absolute atomic E-state index is 0.139. The minimum atomic E-state index is -0.426. The average molecular weight is 363 g/mol. The molecule has 0 saturated heterocycles. The molecule has 0 aliphatic carbocycles. The first kappa shape index (κ1) is 15.3. The molecule has 1 aromatic carbocycles. The van der Waals surface area contributed by atoms with Gasteiger partial charge in [-0.3, -0.25) is 4.79 Å². The molecule has 2 N–H and O–H groups in total. The Balaban J connectivity index is 2.67. The lowest BCUT2D eigenvalue weighted by Gasteiger charge is -2.17. The Morgan fingerprint density at radius 1 is 1.55 bits per heavy atom. The van der Waals surface area contributed by atoms with E-state index >= 15 is 0 Å². The number of alkyl halides is 1. The van der Waals surface area contributed by atoms with Crippen LogP contribution in [0.5, 0.6) is 0 Å². The number of fused-ring (bicyclic) bond motifs is 1. The van der Waals surface area contributed by atoms with Gasteiger partial charge in [0.05, 0.1) is 20.9 Å². The molecule has 0 spiro atoms. The van der Waals surface area contributed by atoms with Crippen molar-refractivity contribution in [2.75, 3.05) is 0 Å². The Morgan fingerprint density at radius 3 is 2.75 bits per heavy atom. The predicted molar refractivity (Wildman–Crippen MR) is 80.2 cm³/mol. The number of hydrogen-bond donors (Lipinski definition) is 1. The molecule has 1 heterocycles. The average Bonchev–Trinajstić information content (AvgIpc) is 2.67. The topological polar surface area (TPSA) is 60.9 Å². The van der Waals surface area contributed by atoms with Crippen LogP contribution in [0, 0.1) is 5.82 Å². The van der Waals surface area contributed by atoms with Crippen molar-refractivity contribution in [3.05, 3.63) is 28.2 Å². The molecule has 2 aromatic rings. The highest BCUT2D eigenvalue weighted by molar-refractivity contribution is 9.10. The van der Waals surface area contributed by atoms with Gasteiger partial charge in [-0.25, -0.2) is 9.37 Å². The molecule has 20 heavy (non-hydrogen) atoms. The molecule has 2 atom stereocenters. The molecule has 0 radical (unpaired) electrons. The number of aromatic nitrogens is 2. The molecular formula is C13H14BrClFN3O. The lowest BCUT2D eigenvalue weighted by atomic mass is 10.2. The van der Waals surface area contributed by atoms with Crippen molar-refractivity contribution in [2.45, 2.75) is 31.7 Å². The van der Waals surface area contributed by atoms with Crippen molar-refractivity contribution in [3.8, 4) is 0 Å². The summed E-state index contributed by atoms with van der Waals surface area (Å²) in [5.74, 6) is -0.225. The smallest absolute Gasteiger partial charge is 0.219 e. The van der Waals surface area contributed by atoms with E-state index in [1.54, 1.807) is 17.6 Å². The fourth-order valence-electron chi connectivity index (χ4n) is 2.24. The number of nitrogens with zero attached hydrogens (tertiary/aromatic N) is 2. The van der Waals surface area contributed by atoms with Gasteiger partial charge < -0.3 is 10.3 Å². The Kier molecular flexibility index (Phi) is 4.34. The highest BCUT2D eigenvalue weighted by Crippen LogP contribution is 2.31. The van der Waals surface area contributed by atoms with E-state index in [0.29, 0.717) is 21.3 Å². The van der Waals surface area contributed by atoms with Crippen molar-refractivity contribution in [1.29, 1.82) is 0 Å². The van der Waals surface area contributed by atoms with E-state index in [4.69, 9.17) is 17.3 Å². The Labute approximate surface area is 129 Å². The summed E-state index contributed by atoms with van der Waals surface area (Å²) in [7, 11) is 0. The van der Waals surface area contributed by atoms with Crippen molar-refractivity contribution >= 4 is 44.5 Å². The third-order valence-electron chi connectivity index (χ3n) is 3.05. The number of rotatable bonds is 4. The van der Waals surface area contributed by atoms with Crippen molar-refractivity contribution in [3.63, 3.8) is 0 Å². The summed E-state index contributed by atoms with van der Waals surface area (Å²) in [5, 5.41) is -0.362. The second-order valence-corrected chi connectivity index (χ2v) is 6.24. The summed E-state index contributed by atoms with van der Waals surface area (Å²) in [4.78, 5) is 15.5. The zero-order valence-electron chi connectivity index (χ0n) is 11.0. The SMILES string of the molecule is CC(Cl)c1nc2cc(Br)c(F)cc2n1C(C)CC(N)=O.